The fourth-order valence-electron chi connectivity index (χ4n) is 3.13. The molecule has 0 saturated carbocycles. The fraction of sp³-hybridized carbons (Fsp3) is 0.0833. The first-order valence-corrected chi connectivity index (χ1v) is 10.6. The lowest BCUT2D eigenvalue weighted by atomic mass is 10.1. The lowest BCUT2D eigenvalue weighted by Gasteiger charge is -2.33. The monoisotopic (exact) mass is 418 g/mol. The van der Waals surface area contributed by atoms with Crippen LogP contribution < -0.4 is 20.9 Å². The van der Waals surface area contributed by atoms with Gasteiger partial charge in [-0.3, -0.25) is 0 Å². The van der Waals surface area contributed by atoms with E-state index >= 15 is 0 Å². The second-order valence-electron chi connectivity index (χ2n) is 6.89. The van der Waals surface area contributed by atoms with E-state index in [-0.39, 0.29) is 0 Å². The van der Waals surface area contributed by atoms with Gasteiger partial charge < -0.3 is 20.9 Å². The van der Waals surface area contributed by atoms with Crippen molar-refractivity contribution in [2.75, 3.05) is 11.5 Å². The molecule has 152 valence electrons. The van der Waals surface area contributed by atoms with Gasteiger partial charge in [0.25, 0.3) is 5.79 Å². The first kappa shape index (κ1) is 19.8. The molecular formula is C24H22N2O3S. The van der Waals surface area contributed by atoms with Crippen LogP contribution in [0.2, 0.25) is 0 Å². The zero-order valence-corrected chi connectivity index (χ0v) is 17.0. The van der Waals surface area contributed by atoms with E-state index in [1.54, 1.807) is 36.4 Å². The lowest BCUT2D eigenvalue weighted by Crippen LogP contribution is -2.41. The highest BCUT2D eigenvalue weighted by atomic mass is 32.2. The van der Waals surface area contributed by atoms with Gasteiger partial charge in [-0.05, 0) is 42.5 Å². The Morgan fingerprint density at radius 3 is 1.90 bits per heavy atom. The smallest absolute Gasteiger partial charge is 0.274 e. The highest BCUT2D eigenvalue weighted by Crippen LogP contribution is 2.33. The third-order valence-electron chi connectivity index (χ3n) is 4.56. The molecule has 0 unspecified atom stereocenters. The third kappa shape index (κ3) is 4.55. The van der Waals surface area contributed by atoms with Gasteiger partial charge in [-0.2, -0.15) is 0 Å². The van der Waals surface area contributed by atoms with Crippen LogP contribution in [0, 0.1) is 0 Å². The van der Waals surface area contributed by atoms with E-state index < -0.39 is 16.6 Å². The molecule has 0 saturated heterocycles. The summed E-state index contributed by atoms with van der Waals surface area (Å²) in [6.07, 6.45) is 5.81. The number of benzene rings is 3. The van der Waals surface area contributed by atoms with Crippen molar-refractivity contribution < 1.29 is 13.7 Å². The van der Waals surface area contributed by atoms with Gasteiger partial charge in [-0.1, -0.05) is 36.4 Å². The molecule has 0 aromatic heterocycles. The van der Waals surface area contributed by atoms with Crippen molar-refractivity contribution in [3.05, 3.63) is 102 Å². The molecule has 0 radical (unpaired) electrons. The Morgan fingerprint density at radius 1 is 0.800 bits per heavy atom. The van der Waals surface area contributed by atoms with Crippen molar-refractivity contribution in [3.63, 3.8) is 0 Å². The summed E-state index contributed by atoms with van der Waals surface area (Å²) in [7, 11) is -1.28. The Balaban J connectivity index is 1.62. The summed E-state index contributed by atoms with van der Waals surface area (Å²) in [5.41, 5.74) is 13.0. The predicted octanol–water partition coefficient (Wildman–Crippen LogP) is 4.66. The van der Waals surface area contributed by atoms with Gasteiger partial charge in [0.2, 0.25) is 0 Å². The van der Waals surface area contributed by atoms with Crippen LogP contribution in [0.15, 0.2) is 107 Å². The SMILES string of the molecule is Nc1cccc(OC2(Oc3cccc(N)c3)C=CC([S@@](=O)c3ccccc3)=CC2)c1. The van der Waals surface area contributed by atoms with Gasteiger partial charge in [0.1, 0.15) is 11.5 Å². The number of nitrogen functional groups attached to an aromatic ring is 2. The Morgan fingerprint density at radius 2 is 1.40 bits per heavy atom. The average Bonchev–Trinajstić information content (AvgIpc) is 2.74. The summed E-state index contributed by atoms with van der Waals surface area (Å²) in [4.78, 5) is 1.44. The van der Waals surface area contributed by atoms with Crippen LogP contribution >= 0.6 is 0 Å². The molecule has 5 nitrogen and oxygen atoms in total. The van der Waals surface area contributed by atoms with Gasteiger partial charge in [-0.25, -0.2) is 4.21 Å². The van der Waals surface area contributed by atoms with Crippen molar-refractivity contribution in [2.45, 2.75) is 17.1 Å². The van der Waals surface area contributed by atoms with Crippen LogP contribution in [0.25, 0.3) is 0 Å². The molecule has 6 heteroatoms. The maximum atomic E-state index is 12.9. The molecule has 0 spiro atoms. The van der Waals surface area contributed by atoms with Gasteiger partial charge in [0.15, 0.2) is 0 Å². The summed E-state index contributed by atoms with van der Waals surface area (Å²) in [5, 5.41) is 0. The van der Waals surface area contributed by atoms with Crippen molar-refractivity contribution in [1.29, 1.82) is 0 Å². The van der Waals surface area contributed by atoms with Crippen LogP contribution in [0.1, 0.15) is 6.42 Å². The highest BCUT2D eigenvalue weighted by molar-refractivity contribution is 7.89. The average molecular weight is 419 g/mol. The van der Waals surface area contributed by atoms with Gasteiger partial charge in [-0.15, -0.1) is 0 Å². The van der Waals surface area contributed by atoms with Crippen LogP contribution in [0.4, 0.5) is 11.4 Å². The minimum atomic E-state index is -1.28. The van der Waals surface area contributed by atoms with Crippen LogP contribution in [-0.2, 0) is 10.8 Å². The normalized spacial score (nSPS) is 15.8. The molecule has 0 heterocycles. The molecule has 1 aliphatic rings. The number of ether oxygens (including phenoxy) is 2. The van der Waals surface area contributed by atoms with Crippen LogP contribution in [0.3, 0.4) is 0 Å². The minimum Gasteiger partial charge on any atom is -0.448 e. The highest BCUT2D eigenvalue weighted by Gasteiger charge is 2.34. The van der Waals surface area contributed by atoms with E-state index in [1.165, 1.54) is 0 Å². The summed E-state index contributed by atoms with van der Waals surface area (Å²) in [5.74, 6) is 0.0283. The number of hydrogen-bond donors (Lipinski definition) is 2. The largest absolute Gasteiger partial charge is 0.448 e. The summed E-state index contributed by atoms with van der Waals surface area (Å²) in [6.45, 7) is 0. The number of hydrogen-bond acceptors (Lipinski definition) is 5. The molecule has 0 aliphatic heterocycles. The van der Waals surface area contributed by atoms with Gasteiger partial charge in [0.05, 0.1) is 10.8 Å². The summed E-state index contributed by atoms with van der Waals surface area (Å²) < 4.78 is 25.3. The Bertz CT molecular complexity index is 1080. The Hall–Kier alpha value is -3.51. The van der Waals surface area contributed by atoms with Crippen LogP contribution in [0.5, 0.6) is 11.5 Å². The molecule has 4 rings (SSSR count). The van der Waals surface area contributed by atoms with Crippen molar-refractivity contribution in [3.8, 4) is 11.5 Å². The molecule has 0 bridgehead atoms. The van der Waals surface area contributed by atoms with Gasteiger partial charge in [0, 0.05) is 45.8 Å². The van der Waals surface area contributed by atoms with E-state index in [4.69, 9.17) is 20.9 Å². The molecule has 1 aliphatic carbocycles. The molecule has 3 aromatic rings. The van der Waals surface area contributed by atoms with Crippen molar-refractivity contribution >= 4 is 22.2 Å². The number of rotatable bonds is 6. The van der Waals surface area contributed by atoms with Crippen molar-refractivity contribution in [1.82, 2.24) is 0 Å². The predicted molar refractivity (Wildman–Crippen MR) is 120 cm³/mol. The Kier molecular flexibility index (Phi) is 5.59. The van der Waals surface area contributed by atoms with Crippen molar-refractivity contribution in [2.24, 2.45) is 0 Å². The molecule has 3 aromatic carbocycles. The number of anilines is 2. The van der Waals surface area contributed by atoms with Gasteiger partial charge >= 0.3 is 0 Å². The summed E-state index contributed by atoms with van der Waals surface area (Å²) >= 11 is 0. The quantitative estimate of drug-likeness (QED) is 0.449. The molecule has 30 heavy (non-hydrogen) atoms. The maximum absolute atomic E-state index is 12.9. The first-order chi connectivity index (χ1) is 14.5. The first-order valence-electron chi connectivity index (χ1n) is 9.48. The van der Waals surface area contributed by atoms with E-state index in [0.29, 0.717) is 34.2 Å². The van der Waals surface area contributed by atoms with Crippen LogP contribution in [-0.4, -0.2) is 10.00 Å². The standard InChI is InChI=1S/C24H22N2O3S/c25-18-6-4-8-20(16-18)28-24(29-21-9-5-7-19(26)17-21)14-12-23(13-15-24)30(27)22-10-2-1-3-11-22/h1-14,16-17H,15,25-26H2/t30-/m0/s1. The van der Waals surface area contributed by atoms with E-state index in [1.807, 2.05) is 60.7 Å². The summed E-state index contributed by atoms with van der Waals surface area (Å²) in [6, 6.07) is 23.6. The molecule has 1 atom stereocenters. The Labute approximate surface area is 178 Å². The zero-order chi connectivity index (χ0) is 21.0. The molecule has 4 N–H and O–H groups in total. The van der Waals surface area contributed by atoms with E-state index in [0.717, 1.165) is 4.90 Å². The van der Waals surface area contributed by atoms with E-state index in [9.17, 15) is 4.21 Å². The second kappa shape index (κ2) is 8.47. The minimum absolute atomic E-state index is 0.362. The molecule has 0 amide bonds. The second-order valence-corrected chi connectivity index (χ2v) is 8.37. The molecular weight excluding hydrogens is 396 g/mol. The maximum Gasteiger partial charge on any atom is 0.274 e. The molecule has 0 fully saturated rings. The number of allylic oxidation sites excluding steroid dienone is 1. The van der Waals surface area contributed by atoms with E-state index in [2.05, 4.69) is 0 Å². The fourth-order valence-corrected chi connectivity index (χ4v) is 4.24. The lowest BCUT2D eigenvalue weighted by molar-refractivity contribution is -0.0687. The number of nitrogens with two attached hydrogens (primary N) is 2. The topological polar surface area (TPSA) is 87.6 Å². The zero-order valence-electron chi connectivity index (χ0n) is 16.2. The third-order valence-corrected chi connectivity index (χ3v) is 5.99.